The third kappa shape index (κ3) is 3.66. The van der Waals surface area contributed by atoms with Gasteiger partial charge in [-0.1, -0.05) is 30.3 Å². The molecule has 6 nitrogen and oxygen atoms in total. The maximum absolute atomic E-state index is 11.9. The number of aromatic nitrogens is 2. The zero-order valence-corrected chi connectivity index (χ0v) is 11.9. The Kier molecular flexibility index (Phi) is 4.53. The van der Waals surface area contributed by atoms with Crippen molar-refractivity contribution >= 4 is 10.0 Å². The van der Waals surface area contributed by atoms with Crippen LogP contribution in [0.2, 0.25) is 0 Å². The summed E-state index contributed by atoms with van der Waals surface area (Å²) in [4.78, 5) is 3.79. The second kappa shape index (κ2) is 6.17. The minimum atomic E-state index is -3.61. The van der Waals surface area contributed by atoms with Crippen LogP contribution in [0.25, 0.3) is 0 Å². The molecule has 2 rings (SSSR count). The summed E-state index contributed by atoms with van der Waals surface area (Å²) in [6.45, 7) is 0.148. The molecule has 0 aliphatic heterocycles. The molecule has 1 atom stereocenters. The molecule has 1 aromatic carbocycles. The Morgan fingerprint density at radius 2 is 2.05 bits per heavy atom. The molecule has 2 N–H and O–H groups in total. The highest BCUT2D eigenvalue weighted by Gasteiger charge is 2.17. The number of nitrogens with zero attached hydrogens (tertiary/aromatic N) is 2. The smallest absolute Gasteiger partial charge is 0.259 e. The Morgan fingerprint density at radius 1 is 1.35 bits per heavy atom. The number of aliphatic hydroxyl groups excluding tert-OH is 1. The minimum absolute atomic E-state index is 0.0193. The van der Waals surface area contributed by atoms with Gasteiger partial charge in [0.05, 0.1) is 12.4 Å². The van der Waals surface area contributed by atoms with Crippen LogP contribution in [-0.4, -0.2) is 29.6 Å². The first-order valence-electron chi connectivity index (χ1n) is 6.20. The van der Waals surface area contributed by atoms with Crippen molar-refractivity contribution in [3.63, 3.8) is 0 Å². The van der Waals surface area contributed by atoms with Crippen molar-refractivity contribution < 1.29 is 13.5 Å². The molecular formula is C13H17N3O3S. The summed E-state index contributed by atoms with van der Waals surface area (Å²) in [5.41, 5.74) is 0.768. The quantitative estimate of drug-likeness (QED) is 0.826. The molecule has 0 spiro atoms. The normalized spacial score (nSPS) is 13.3. The number of rotatable bonds is 6. The lowest BCUT2D eigenvalue weighted by atomic mass is 10.1. The molecule has 1 aromatic heterocycles. The molecule has 0 unspecified atom stereocenters. The van der Waals surface area contributed by atoms with E-state index in [0.29, 0.717) is 6.42 Å². The first-order chi connectivity index (χ1) is 9.49. The van der Waals surface area contributed by atoms with Gasteiger partial charge in [0.25, 0.3) is 10.0 Å². The van der Waals surface area contributed by atoms with Crippen molar-refractivity contribution in [1.82, 2.24) is 14.3 Å². The van der Waals surface area contributed by atoms with Crippen LogP contribution in [0.3, 0.4) is 0 Å². The van der Waals surface area contributed by atoms with Crippen LogP contribution in [0, 0.1) is 0 Å². The third-order valence-corrected chi connectivity index (χ3v) is 4.20. The Hall–Kier alpha value is -1.70. The number of sulfonamides is 1. The van der Waals surface area contributed by atoms with Crippen molar-refractivity contribution in [1.29, 1.82) is 0 Å². The van der Waals surface area contributed by atoms with E-state index in [2.05, 4.69) is 9.71 Å². The molecule has 7 heteroatoms. The first kappa shape index (κ1) is 14.7. The fourth-order valence-electron chi connectivity index (χ4n) is 1.77. The van der Waals surface area contributed by atoms with Crippen molar-refractivity contribution in [2.24, 2.45) is 7.05 Å². The van der Waals surface area contributed by atoms with E-state index in [1.807, 2.05) is 18.2 Å². The number of hydrogen-bond donors (Lipinski definition) is 2. The maximum atomic E-state index is 11.9. The molecule has 108 valence electrons. The molecule has 0 saturated carbocycles. The van der Waals surface area contributed by atoms with Crippen molar-refractivity contribution in [3.05, 3.63) is 48.4 Å². The SMILES string of the molecule is Cn1cnc(S(=O)(=O)NCC[C@@H](O)c2ccccc2)c1. The van der Waals surface area contributed by atoms with Crippen LogP contribution in [0.1, 0.15) is 18.1 Å². The van der Waals surface area contributed by atoms with E-state index in [1.54, 1.807) is 23.7 Å². The van der Waals surface area contributed by atoms with Crippen LogP contribution in [-0.2, 0) is 17.1 Å². The summed E-state index contributed by atoms with van der Waals surface area (Å²) < 4.78 is 27.8. The fraction of sp³-hybridized carbons (Fsp3) is 0.308. The summed E-state index contributed by atoms with van der Waals surface area (Å²) in [6, 6.07) is 9.13. The predicted molar refractivity (Wildman–Crippen MR) is 74.4 cm³/mol. The molecule has 0 fully saturated rings. The zero-order valence-electron chi connectivity index (χ0n) is 11.1. The lowest BCUT2D eigenvalue weighted by Gasteiger charge is -2.11. The summed E-state index contributed by atoms with van der Waals surface area (Å²) in [7, 11) is -1.91. The van der Waals surface area contributed by atoms with Gasteiger partial charge in [-0.25, -0.2) is 18.1 Å². The van der Waals surface area contributed by atoms with Crippen LogP contribution in [0.15, 0.2) is 47.9 Å². The van der Waals surface area contributed by atoms with Gasteiger partial charge in [-0.15, -0.1) is 0 Å². The fourth-order valence-corrected chi connectivity index (χ4v) is 2.80. The Labute approximate surface area is 118 Å². The summed E-state index contributed by atoms with van der Waals surface area (Å²) in [6.07, 6.45) is 2.46. The second-order valence-corrected chi connectivity index (χ2v) is 6.20. The Morgan fingerprint density at radius 3 is 2.65 bits per heavy atom. The van der Waals surface area contributed by atoms with Crippen LogP contribution in [0.5, 0.6) is 0 Å². The molecule has 0 amide bonds. The average Bonchev–Trinajstić information content (AvgIpc) is 2.87. The van der Waals surface area contributed by atoms with Gasteiger partial charge in [-0.3, -0.25) is 0 Å². The summed E-state index contributed by atoms with van der Waals surface area (Å²) in [5, 5.41) is 9.92. The number of benzene rings is 1. The van der Waals surface area contributed by atoms with Crippen molar-refractivity contribution in [3.8, 4) is 0 Å². The highest BCUT2D eigenvalue weighted by Crippen LogP contribution is 2.15. The summed E-state index contributed by atoms with van der Waals surface area (Å²) in [5.74, 6) is 0. The van der Waals surface area contributed by atoms with E-state index in [-0.39, 0.29) is 11.6 Å². The topological polar surface area (TPSA) is 84.2 Å². The van der Waals surface area contributed by atoms with Gasteiger partial charge < -0.3 is 9.67 Å². The van der Waals surface area contributed by atoms with Gasteiger partial charge >= 0.3 is 0 Å². The molecule has 0 aliphatic carbocycles. The minimum Gasteiger partial charge on any atom is -0.388 e. The molecule has 0 saturated heterocycles. The zero-order chi connectivity index (χ0) is 14.6. The molecule has 20 heavy (non-hydrogen) atoms. The molecular weight excluding hydrogens is 278 g/mol. The standard InChI is InChI=1S/C13H17N3O3S/c1-16-9-13(14-10-16)20(18,19)15-8-7-12(17)11-5-3-2-4-6-11/h2-6,9-10,12,15,17H,7-8H2,1H3/t12-/m1/s1. The molecule has 0 bridgehead atoms. The predicted octanol–water partition coefficient (Wildman–Crippen LogP) is 0.822. The Bertz CT molecular complexity index is 653. The van der Waals surface area contributed by atoms with Gasteiger partial charge in [-0.05, 0) is 12.0 Å². The van der Waals surface area contributed by atoms with E-state index in [9.17, 15) is 13.5 Å². The lowest BCUT2D eigenvalue weighted by Crippen LogP contribution is -2.26. The first-order valence-corrected chi connectivity index (χ1v) is 7.68. The number of aryl methyl sites for hydroxylation is 1. The average molecular weight is 295 g/mol. The van der Waals surface area contributed by atoms with Crippen LogP contribution < -0.4 is 4.72 Å². The van der Waals surface area contributed by atoms with Gasteiger partial charge in [-0.2, -0.15) is 0 Å². The van der Waals surface area contributed by atoms with E-state index in [0.717, 1.165) is 5.56 Å². The monoisotopic (exact) mass is 295 g/mol. The highest BCUT2D eigenvalue weighted by molar-refractivity contribution is 7.89. The van der Waals surface area contributed by atoms with E-state index < -0.39 is 16.1 Å². The molecule has 1 heterocycles. The number of imidazole rings is 1. The van der Waals surface area contributed by atoms with Crippen LogP contribution in [0.4, 0.5) is 0 Å². The lowest BCUT2D eigenvalue weighted by molar-refractivity contribution is 0.169. The van der Waals surface area contributed by atoms with Crippen molar-refractivity contribution in [2.75, 3.05) is 6.54 Å². The number of aliphatic hydroxyl groups is 1. The van der Waals surface area contributed by atoms with Gasteiger partial charge in [0.2, 0.25) is 0 Å². The van der Waals surface area contributed by atoms with Crippen LogP contribution >= 0.6 is 0 Å². The van der Waals surface area contributed by atoms with Gasteiger partial charge in [0.1, 0.15) is 0 Å². The second-order valence-electron chi connectivity index (χ2n) is 4.49. The number of hydrogen-bond acceptors (Lipinski definition) is 4. The number of nitrogens with one attached hydrogen (secondary N) is 1. The van der Waals surface area contributed by atoms with Gasteiger partial charge in [0, 0.05) is 19.8 Å². The maximum Gasteiger partial charge on any atom is 0.259 e. The Balaban J connectivity index is 1.90. The van der Waals surface area contributed by atoms with Gasteiger partial charge in [0.15, 0.2) is 5.03 Å². The molecule has 2 aromatic rings. The van der Waals surface area contributed by atoms with E-state index in [1.165, 1.54) is 12.5 Å². The molecule has 0 radical (unpaired) electrons. The van der Waals surface area contributed by atoms with Crippen molar-refractivity contribution in [2.45, 2.75) is 17.6 Å². The van der Waals surface area contributed by atoms with E-state index >= 15 is 0 Å². The highest BCUT2D eigenvalue weighted by atomic mass is 32.2. The largest absolute Gasteiger partial charge is 0.388 e. The third-order valence-electron chi connectivity index (χ3n) is 2.85. The molecule has 0 aliphatic rings. The summed E-state index contributed by atoms with van der Waals surface area (Å²) >= 11 is 0. The van der Waals surface area contributed by atoms with E-state index in [4.69, 9.17) is 0 Å².